The minimum absolute atomic E-state index is 0. The van der Waals surface area contributed by atoms with Gasteiger partial charge in [0, 0.05) is 13.1 Å². The highest BCUT2D eigenvalue weighted by molar-refractivity contribution is 5.85. The molecule has 0 saturated carbocycles. The van der Waals surface area contributed by atoms with E-state index in [1.54, 1.807) is 0 Å². The predicted molar refractivity (Wildman–Crippen MR) is 89.5 cm³/mol. The first-order valence-corrected chi connectivity index (χ1v) is 7.00. The molecule has 0 aliphatic heterocycles. The van der Waals surface area contributed by atoms with Crippen molar-refractivity contribution in [3.8, 4) is 0 Å². The van der Waals surface area contributed by atoms with Crippen LogP contribution in [0.5, 0.6) is 0 Å². The van der Waals surface area contributed by atoms with Gasteiger partial charge in [0.2, 0.25) is 0 Å². The summed E-state index contributed by atoms with van der Waals surface area (Å²) in [4.78, 5) is 0. The van der Waals surface area contributed by atoms with E-state index in [1.165, 1.54) is 22.3 Å². The Balaban J connectivity index is 0.00000200. The predicted octanol–water partition coefficient (Wildman–Crippen LogP) is 4.83. The summed E-state index contributed by atoms with van der Waals surface area (Å²) in [6.45, 7) is 8.42. The number of aryl methyl sites for hydroxylation is 1. The Hall–Kier alpha value is -1.31. The van der Waals surface area contributed by atoms with Crippen LogP contribution in [0.1, 0.15) is 42.0 Å². The van der Waals surface area contributed by atoms with Crippen LogP contribution >= 0.6 is 12.4 Å². The second-order valence-corrected chi connectivity index (χ2v) is 5.49. The molecule has 0 saturated heterocycles. The van der Waals surface area contributed by atoms with E-state index in [-0.39, 0.29) is 12.4 Å². The fraction of sp³-hybridized carbons (Fsp3) is 0.333. The van der Waals surface area contributed by atoms with Gasteiger partial charge >= 0.3 is 0 Å². The number of benzene rings is 2. The Labute approximate surface area is 128 Å². The minimum Gasteiger partial charge on any atom is -0.309 e. The zero-order valence-electron chi connectivity index (χ0n) is 12.5. The third-order valence-corrected chi connectivity index (χ3v) is 3.43. The molecule has 0 aliphatic rings. The quantitative estimate of drug-likeness (QED) is 0.831. The van der Waals surface area contributed by atoms with Gasteiger partial charge in [-0.2, -0.15) is 0 Å². The zero-order chi connectivity index (χ0) is 13.7. The molecule has 108 valence electrons. The molecule has 2 aromatic rings. The van der Waals surface area contributed by atoms with Crippen molar-refractivity contribution in [2.45, 2.75) is 39.8 Å². The molecule has 0 aliphatic carbocycles. The second-order valence-electron chi connectivity index (χ2n) is 5.49. The van der Waals surface area contributed by atoms with Gasteiger partial charge in [0.15, 0.2) is 0 Å². The van der Waals surface area contributed by atoms with Gasteiger partial charge in [0.05, 0.1) is 0 Å². The number of rotatable bonds is 5. The Bertz CT molecular complexity index is 500. The Morgan fingerprint density at radius 1 is 0.800 bits per heavy atom. The largest absolute Gasteiger partial charge is 0.309 e. The average Bonchev–Trinajstić information content (AvgIpc) is 2.41. The zero-order valence-corrected chi connectivity index (χ0v) is 13.3. The number of halogens is 1. The van der Waals surface area contributed by atoms with Crippen molar-refractivity contribution < 1.29 is 0 Å². The van der Waals surface area contributed by atoms with Gasteiger partial charge in [-0.1, -0.05) is 67.9 Å². The van der Waals surface area contributed by atoms with Gasteiger partial charge in [-0.05, 0) is 29.5 Å². The molecule has 0 fully saturated rings. The summed E-state index contributed by atoms with van der Waals surface area (Å²) in [5, 5.41) is 3.49. The van der Waals surface area contributed by atoms with Crippen LogP contribution in [0.25, 0.3) is 0 Å². The first-order valence-electron chi connectivity index (χ1n) is 7.00. The molecule has 1 nitrogen and oxygen atoms in total. The van der Waals surface area contributed by atoms with Crippen molar-refractivity contribution in [3.05, 3.63) is 70.8 Å². The van der Waals surface area contributed by atoms with E-state index in [2.05, 4.69) is 74.6 Å². The maximum Gasteiger partial charge on any atom is 0.0208 e. The standard InChI is InChI=1S/C18H23N.ClH/c1-14(2)18-10-8-17(9-11-18)13-19-12-16-6-4-15(3)5-7-16;/h4-11,14,19H,12-13H2,1-3H3;1H. The molecule has 0 amide bonds. The molecule has 0 spiro atoms. The second kappa shape index (κ2) is 8.08. The SMILES string of the molecule is Cc1ccc(CNCc2ccc(C(C)C)cc2)cc1.Cl. The lowest BCUT2D eigenvalue weighted by Gasteiger charge is -2.08. The van der Waals surface area contributed by atoms with Gasteiger partial charge in [-0.3, -0.25) is 0 Å². The van der Waals surface area contributed by atoms with Gasteiger partial charge < -0.3 is 5.32 Å². The minimum atomic E-state index is 0. The highest BCUT2D eigenvalue weighted by atomic mass is 35.5. The molecule has 2 rings (SSSR count). The van der Waals surface area contributed by atoms with Crippen molar-refractivity contribution >= 4 is 12.4 Å². The Kier molecular flexibility index (Phi) is 6.77. The average molecular weight is 290 g/mol. The number of nitrogens with one attached hydrogen (secondary N) is 1. The lowest BCUT2D eigenvalue weighted by atomic mass is 10.0. The van der Waals surface area contributed by atoms with Gasteiger partial charge in [0.1, 0.15) is 0 Å². The van der Waals surface area contributed by atoms with Crippen LogP contribution in [0, 0.1) is 6.92 Å². The summed E-state index contributed by atoms with van der Waals surface area (Å²) >= 11 is 0. The molecule has 0 atom stereocenters. The number of hydrogen-bond donors (Lipinski definition) is 1. The lowest BCUT2D eigenvalue weighted by molar-refractivity contribution is 0.692. The van der Waals surface area contributed by atoms with Crippen LogP contribution in [0.2, 0.25) is 0 Å². The van der Waals surface area contributed by atoms with Gasteiger partial charge in [-0.15, -0.1) is 12.4 Å². The Morgan fingerprint density at radius 2 is 1.25 bits per heavy atom. The molecule has 0 radical (unpaired) electrons. The maximum atomic E-state index is 3.49. The highest BCUT2D eigenvalue weighted by Crippen LogP contribution is 2.14. The van der Waals surface area contributed by atoms with E-state index in [9.17, 15) is 0 Å². The first kappa shape index (κ1) is 16.7. The monoisotopic (exact) mass is 289 g/mol. The molecule has 2 heteroatoms. The Morgan fingerprint density at radius 3 is 1.70 bits per heavy atom. The molecular weight excluding hydrogens is 266 g/mol. The third kappa shape index (κ3) is 4.99. The fourth-order valence-electron chi connectivity index (χ4n) is 2.08. The molecule has 0 unspecified atom stereocenters. The number of hydrogen-bond acceptors (Lipinski definition) is 1. The van der Waals surface area contributed by atoms with Crippen LogP contribution in [0.3, 0.4) is 0 Å². The molecule has 0 aromatic heterocycles. The maximum absolute atomic E-state index is 3.49. The normalized spacial score (nSPS) is 10.4. The summed E-state index contributed by atoms with van der Waals surface area (Å²) < 4.78 is 0. The van der Waals surface area contributed by atoms with E-state index in [4.69, 9.17) is 0 Å². The molecule has 1 N–H and O–H groups in total. The van der Waals surface area contributed by atoms with Gasteiger partial charge in [-0.25, -0.2) is 0 Å². The summed E-state index contributed by atoms with van der Waals surface area (Å²) in [5.74, 6) is 0.606. The van der Waals surface area contributed by atoms with Crippen LogP contribution in [0.4, 0.5) is 0 Å². The van der Waals surface area contributed by atoms with Crippen molar-refractivity contribution in [2.24, 2.45) is 0 Å². The van der Waals surface area contributed by atoms with Crippen molar-refractivity contribution in [3.63, 3.8) is 0 Å². The molecular formula is C18H24ClN. The van der Waals surface area contributed by atoms with Crippen LogP contribution in [-0.4, -0.2) is 0 Å². The molecule has 20 heavy (non-hydrogen) atoms. The highest BCUT2D eigenvalue weighted by Gasteiger charge is 1.99. The van der Waals surface area contributed by atoms with E-state index >= 15 is 0 Å². The first-order chi connectivity index (χ1) is 9.15. The van der Waals surface area contributed by atoms with Crippen LogP contribution in [-0.2, 0) is 13.1 Å². The summed E-state index contributed by atoms with van der Waals surface area (Å²) in [6.07, 6.45) is 0. The lowest BCUT2D eigenvalue weighted by Crippen LogP contribution is -2.12. The van der Waals surface area contributed by atoms with Crippen LogP contribution in [0.15, 0.2) is 48.5 Å². The van der Waals surface area contributed by atoms with Crippen LogP contribution < -0.4 is 5.32 Å². The summed E-state index contributed by atoms with van der Waals surface area (Å²) in [5.41, 5.74) is 5.40. The van der Waals surface area contributed by atoms with E-state index in [0.29, 0.717) is 5.92 Å². The molecule has 0 heterocycles. The van der Waals surface area contributed by atoms with E-state index < -0.39 is 0 Å². The van der Waals surface area contributed by atoms with E-state index in [1.807, 2.05) is 0 Å². The third-order valence-electron chi connectivity index (χ3n) is 3.43. The smallest absolute Gasteiger partial charge is 0.0208 e. The summed E-state index contributed by atoms with van der Waals surface area (Å²) in [6, 6.07) is 17.6. The summed E-state index contributed by atoms with van der Waals surface area (Å²) in [7, 11) is 0. The van der Waals surface area contributed by atoms with Gasteiger partial charge in [0.25, 0.3) is 0 Å². The topological polar surface area (TPSA) is 12.0 Å². The molecule has 2 aromatic carbocycles. The van der Waals surface area contributed by atoms with Crippen molar-refractivity contribution in [2.75, 3.05) is 0 Å². The fourth-order valence-corrected chi connectivity index (χ4v) is 2.08. The van der Waals surface area contributed by atoms with Crippen molar-refractivity contribution in [1.82, 2.24) is 5.32 Å². The molecule has 0 bridgehead atoms. The van der Waals surface area contributed by atoms with E-state index in [0.717, 1.165) is 13.1 Å². The van der Waals surface area contributed by atoms with Crippen molar-refractivity contribution in [1.29, 1.82) is 0 Å².